The third-order valence-electron chi connectivity index (χ3n) is 7.35. The third kappa shape index (κ3) is 6.93. The van der Waals surface area contributed by atoms with E-state index >= 15 is 0 Å². The molecule has 3 rings (SSSR count). The first-order valence-corrected chi connectivity index (χ1v) is 13.0. The number of allylic oxidation sites excluding steroid dienone is 2. The fraction of sp³-hybridized carbons (Fsp3) is 0.615. The SMILES string of the molecule is [C-]#[N+][C@@H]1C[C@@H](O)[C@H](/C=C/CC(O)C2(Cc3ccc(Cl)s3)CCC2)[C@H]1C/C=C\CCCC(=O)O. The molecule has 2 saturated carbocycles. The molecule has 180 valence electrons. The van der Waals surface area contributed by atoms with Crippen LogP contribution in [0.2, 0.25) is 4.34 Å². The maximum Gasteiger partial charge on any atom is 0.303 e. The van der Waals surface area contributed by atoms with Crippen LogP contribution in [0.1, 0.15) is 62.7 Å². The molecule has 2 fully saturated rings. The summed E-state index contributed by atoms with van der Waals surface area (Å²) >= 11 is 7.66. The smallest absolute Gasteiger partial charge is 0.303 e. The van der Waals surface area contributed by atoms with E-state index in [-0.39, 0.29) is 29.7 Å². The van der Waals surface area contributed by atoms with Crippen molar-refractivity contribution >= 4 is 28.9 Å². The summed E-state index contributed by atoms with van der Waals surface area (Å²) in [6.07, 6.45) is 14.2. The summed E-state index contributed by atoms with van der Waals surface area (Å²) < 4.78 is 0.778. The lowest BCUT2D eigenvalue weighted by atomic mass is 9.62. The van der Waals surface area contributed by atoms with Crippen LogP contribution < -0.4 is 0 Å². The van der Waals surface area contributed by atoms with Gasteiger partial charge >= 0.3 is 5.97 Å². The molecule has 2 aliphatic rings. The Labute approximate surface area is 205 Å². The second-order valence-electron chi connectivity index (χ2n) is 9.51. The average Bonchev–Trinajstić information content (AvgIpc) is 3.29. The highest BCUT2D eigenvalue weighted by Crippen LogP contribution is 2.48. The topological polar surface area (TPSA) is 82.1 Å². The number of nitrogens with zero attached hydrogens (tertiary/aromatic N) is 1. The number of unbranched alkanes of at least 4 members (excludes halogenated alkanes) is 1. The van der Waals surface area contributed by atoms with Gasteiger partial charge in [-0.3, -0.25) is 4.79 Å². The van der Waals surface area contributed by atoms with E-state index < -0.39 is 18.2 Å². The molecule has 0 saturated heterocycles. The van der Waals surface area contributed by atoms with Crippen molar-refractivity contribution in [3.05, 3.63) is 57.1 Å². The Morgan fingerprint density at radius 1 is 1.33 bits per heavy atom. The molecule has 0 bridgehead atoms. The standard InChI is InChI=1S/C26H34ClNO4S/c1-28-21-16-22(29)20(19(21)8-4-2-3-5-11-25(31)32)9-6-10-23(30)26(14-7-15-26)17-18-12-13-24(27)33-18/h2,4,6,9,12-13,19-23,29-30H,3,5,7-8,10-11,14-17H2,(H,31,32)/b4-2-,9-6+/t19-,20-,21-,22-,23?/m1/s1. The summed E-state index contributed by atoms with van der Waals surface area (Å²) in [7, 11) is 0. The summed E-state index contributed by atoms with van der Waals surface area (Å²) in [5.74, 6) is -0.855. The first-order chi connectivity index (χ1) is 15.8. The van der Waals surface area contributed by atoms with Crippen molar-refractivity contribution < 1.29 is 20.1 Å². The molecule has 0 aliphatic heterocycles. The summed E-state index contributed by atoms with van der Waals surface area (Å²) in [5, 5.41) is 30.3. The van der Waals surface area contributed by atoms with Gasteiger partial charge in [-0.05, 0) is 57.1 Å². The van der Waals surface area contributed by atoms with Crippen molar-refractivity contribution in [3.63, 3.8) is 0 Å². The van der Waals surface area contributed by atoms with Crippen molar-refractivity contribution in [1.82, 2.24) is 0 Å². The van der Waals surface area contributed by atoms with Crippen LogP contribution in [0.5, 0.6) is 0 Å². The van der Waals surface area contributed by atoms with Crippen LogP contribution in [-0.4, -0.2) is 39.5 Å². The predicted octanol–water partition coefficient (Wildman–Crippen LogP) is 5.91. The highest BCUT2D eigenvalue weighted by Gasteiger charge is 2.45. The van der Waals surface area contributed by atoms with Crippen molar-refractivity contribution in [2.24, 2.45) is 17.3 Å². The monoisotopic (exact) mass is 491 g/mol. The highest BCUT2D eigenvalue weighted by atomic mass is 35.5. The second-order valence-corrected chi connectivity index (χ2v) is 11.3. The number of carboxylic acids is 1. The molecule has 0 radical (unpaired) electrons. The molecular formula is C26H34ClNO4S. The van der Waals surface area contributed by atoms with Crippen LogP contribution in [0.3, 0.4) is 0 Å². The zero-order valence-electron chi connectivity index (χ0n) is 18.9. The van der Waals surface area contributed by atoms with Gasteiger partial charge in [0.1, 0.15) is 0 Å². The van der Waals surface area contributed by atoms with E-state index in [4.69, 9.17) is 23.3 Å². The first-order valence-electron chi connectivity index (χ1n) is 11.8. The predicted molar refractivity (Wildman–Crippen MR) is 132 cm³/mol. The number of carboxylic acid groups (broad SMARTS) is 1. The molecule has 5 nitrogen and oxygen atoms in total. The number of hydrogen-bond acceptors (Lipinski definition) is 4. The molecule has 1 aromatic rings. The molecular weight excluding hydrogens is 458 g/mol. The molecule has 1 unspecified atom stereocenters. The largest absolute Gasteiger partial charge is 0.481 e. The van der Waals surface area contributed by atoms with Gasteiger partial charge in [0.05, 0.1) is 16.5 Å². The van der Waals surface area contributed by atoms with E-state index in [9.17, 15) is 15.0 Å². The van der Waals surface area contributed by atoms with Crippen LogP contribution in [-0.2, 0) is 11.2 Å². The highest BCUT2D eigenvalue weighted by molar-refractivity contribution is 7.16. The second kappa shape index (κ2) is 12.2. The Bertz CT molecular complexity index is 885. The average molecular weight is 492 g/mol. The van der Waals surface area contributed by atoms with Gasteiger partial charge in [0, 0.05) is 35.0 Å². The van der Waals surface area contributed by atoms with Crippen LogP contribution in [0.25, 0.3) is 4.85 Å². The summed E-state index contributed by atoms with van der Waals surface area (Å²) in [5.41, 5.74) is -0.0933. The van der Waals surface area contributed by atoms with Crippen molar-refractivity contribution in [3.8, 4) is 0 Å². The fourth-order valence-corrected chi connectivity index (χ4v) is 6.51. The molecule has 0 aromatic carbocycles. The van der Waals surface area contributed by atoms with Gasteiger partial charge in [0.2, 0.25) is 6.04 Å². The van der Waals surface area contributed by atoms with Crippen molar-refractivity contribution in [2.45, 2.75) is 82.5 Å². The molecule has 1 aromatic heterocycles. The van der Waals surface area contributed by atoms with Gasteiger partial charge in [-0.15, -0.1) is 11.3 Å². The summed E-state index contributed by atoms with van der Waals surface area (Å²) in [6, 6.07) is 3.75. The Kier molecular flexibility index (Phi) is 9.57. The normalized spacial score (nSPS) is 27.6. The maximum absolute atomic E-state index is 11.0. The fourth-order valence-electron chi connectivity index (χ4n) is 5.26. The van der Waals surface area contributed by atoms with E-state index in [0.717, 1.165) is 30.0 Å². The third-order valence-corrected chi connectivity index (χ3v) is 8.58. The molecule has 1 heterocycles. The molecule has 5 atom stereocenters. The van der Waals surface area contributed by atoms with E-state index in [1.54, 1.807) is 11.3 Å². The van der Waals surface area contributed by atoms with Crippen LogP contribution in [0.4, 0.5) is 0 Å². The summed E-state index contributed by atoms with van der Waals surface area (Å²) in [6.45, 7) is 7.52. The van der Waals surface area contributed by atoms with Gasteiger partial charge < -0.3 is 20.2 Å². The lowest BCUT2D eigenvalue weighted by Crippen LogP contribution is -2.42. The Morgan fingerprint density at radius 2 is 2.12 bits per heavy atom. The van der Waals surface area contributed by atoms with Gasteiger partial charge in [-0.1, -0.05) is 42.3 Å². The van der Waals surface area contributed by atoms with Gasteiger partial charge in [0.25, 0.3) is 0 Å². The molecule has 7 heteroatoms. The minimum Gasteiger partial charge on any atom is -0.481 e. The lowest BCUT2D eigenvalue weighted by Gasteiger charge is -2.45. The van der Waals surface area contributed by atoms with Crippen molar-refractivity contribution in [1.29, 1.82) is 0 Å². The Morgan fingerprint density at radius 3 is 2.73 bits per heavy atom. The maximum atomic E-state index is 11.0. The molecule has 33 heavy (non-hydrogen) atoms. The van der Waals surface area contributed by atoms with E-state index in [2.05, 4.69) is 10.9 Å². The minimum atomic E-state index is -0.786. The molecule has 0 spiro atoms. The van der Waals surface area contributed by atoms with Crippen molar-refractivity contribution in [2.75, 3.05) is 0 Å². The lowest BCUT2D eigenvalue weighted by molar-refractivity contribution is -0.137. The summed E-state index contributed by atoms with van der Waals surface area (Å²) in [4.78, 5) is 15.6. The zero-order chi connectivity index (χ0) is 23.8. The van der Waals surface area contributed by atoms with Crippen LogP contribution in [0, 0.1) is 23.8 Å². The van der Waals surface area contributed by atoms with E-state index in [1.165, 1.54) is 4.88 Å². The molecule has 2 aliphatic carbocycles. The van der Waals surface area contributed by atoms with Gasteiger partial charge in [0.15, 0.2) is 0 Å². The Balaban J connectivity index is 1.56. The number of aliphatic hydroxyl groups excluding tert-OH is 2. The van der Waals surface area contributed by atoms with Crippen LogP contribution >= 0.6 is 22.9 Å². The quantitative estimate of drug-likeness (QED) is 0.193. The van der Waals surface area contributed by atoms with E-state index in [0.29, 0.717) is 32.1 Å². The number of carbonyl (C=O) groups is 1. The van der Waals surface area contributed by atoms with Gasteiger partial charge in [-0.2, -0.15) is 0 Å². The molecule has 3 N–H and O–H groups in total. The zero-order valence-corrected chi connectivity index (χ0v) is 20.5. The number of aliphatic carboxylic acids is 1. The number of halogens is 1. The number of rotatable bonds is 12. The molecule has 0 amide bonds. The Hall–Kier alpha value is -1.65. The van der Waals surface area contributed by atoms with E-state index in [1.807, 2.05) is 30.4 Å². The number of hydrogen-bond donors (Lipinski definition) is 3. The van der Waals surface area contributed by atoms with Crippen LogP contribution in [0.15, 0.2) is 36.4 Å². The number of aliphatic hydroxyl groups is 2. The number of thiophene rings is 1. The minimum absolute atomic E-state index is 0.0348. The first kappa shape index (κ1) is 26.0. The van der Waals surface area contributed by atoms with Gasteiger partial charge in [-0.25, -0.2) is 6.57 Å².